The number of carboxylic acids is 1. The fourth-order valence-electron chi connectivity index (χ4n) is 4.21. The van der Waals surface area contributed by atoms with Crippen LogP contribution in [0.3, 0.4) is 0 Å². The van der Waals surface area contributed by atoms with Crippen LogP contribution in [0.2, 0.25) is 0 Å². The van der Waals surface area contributed by atoms with E-state index in [0.717, 1.165) is 5.56 Å². The quantitative estimate of drug-likeness (QED) is 0.118. The van der Waals surface area contributed by atoms with E-state index in [1.807, 2.05) is 30.3 Å². The molecule has 0 spiro atoms. The zero-order valence-corrected chi connectivity index (χ0v) is 22.9. The number of amides is 4. The van der Waals surface area contributed by atoms with E-state index in [1.54, 1.807) is 30.3 Å². The Morgan fingerprint density at radius 3 is 1.86 bits per heavy atom. The number of H-pyrrole nitrogens is 1. The molecule has 42 heavy (non-hydrogen) atoms. The number of rotatable bonds is 16. The number of aliphatic carboxylic acids is 1. The SMILES string of the molecule is NC(=O)CCC(NC(=O)C(N)Cc1ccccc1)C(=O)NC(Cc1cnc[nH]1)C(=O)NC(Cc1ccccc1)C(=O)O. The number of imidazole rings is 1. The Balaban J connectivity index is 1.75. The van der Waals surface area contributed by atoms with Crippen molar-refractivity contribution in [1.82, 2.24) is 25.9 Å². The van der Waals surface area contributed by atoms with Crippen molar-refractivity contribution in [1.29, 1.82) is 0 Å². The van der Waals surface area contributed by atoms with Crippen LogP contribution in [0.1, 0.15) is 29.7 Å². The number of carbonyl (C=O) groups is 5. The molecule has 0 aliphatic rings. The summed E-state index contributed by atoms with van der Waals surface area (Å²) in [5.41, 5.74) is 13.4. The molecule has 9 N–H and O–H groups in total. The van der Waals surface area contributed by atoms with E-state index in [9.17, 15) is 29.1 Å². The lowest BCUT2D eigenvalue weighted by molar-refractivity contribution is -0.142. The predicted octanol–water partition coefficient (Wildman–Crippen LogP) is -0.431. The Hall–Kier alpha value is -5.04. The third-order valence-corrected chi connectivity index (χ3v) is 6.46. The Bertz CT molecular complexity index is 1340. The minimum Gasteiger partial charge on any atom is -0.480 e. The van der Waals surface area contributed by atoms with Gasteiger partial charge >= 0.3 is 5.97 Å². The number of nitrogens with one attached hydrogen (secondary N) is 4. The molecule has 0 saturated heterocycles. The highest BCUT2D eigenvalue weighted by molar-refractivity contribution is 5.94. The number of carbonyl (C=O) groups excluding carboxylic acids is 4. The van der Waals surface area contributed by atoms with Gasteiger partial charge in [-0.2, -0.15) is 0 Å². The van der Waals surface area contributed by atoms with Crippen molar-refractivity contribution in [2.45, 2.75) is 56.3 Å². The molecule has 0 radical (unpaired) electrons. The van der Waals surface area contributed by atoms with Crippen molar-refractivity contribution in [2.75, 3.05) is 0 Å². The van der Waals surface area contributed by atoms with Crippen LogP contribution in [0.25, 0.3) is 0 Å². The first-order valence-electron chi connectivity index (χ1n) is 13.3. The molecule has 0 saturated carbocycles. The summed E-state index contributed by atoms with van der Waals surface area (Å²) < 4.78 is 0. The summed E-state index contributed by atoms with van der Waals surface area (Å²) in [6, 6.07) is 13.1. The standard InChI is InChI=1S/C29H35N7O6/c30-21(13-18-7-3-1-4-8-18)26(38)34-22(11-12-25(31)37)27(39)35-23(15-20-16-32-17-33-20)28(40)36-24(29(41)42)14-19-9-5-2-6-10-19/h1-10,16-17,21-24H,11-15,30H2,(H2,31,37)(H,32,33)(H,34,38)(H,35,39)(H,36,40)(H,41,42). The molecule has 2 aromatic carbocycles. The minimum absolute atomic E-state index is 0.0171. The molecule has 4 atom stereocenters. The maximum Gasteiger partial charge on any atom is 0.326 e. The van der Waals surface area contributed by atoms with Gasteiger partial charge in [0.15, 0.2) is 0 Å². The van der Waals surface area contributed by atoms with Crippen molar-refractivity contribution < 1.29 is 29.1 Å². The number of hydrogen-bond donors (Lipinski definition) is 7. The largest absolute Gasteiger partial charge is 0.480 e. The van der Waals surface area contributed by atoms with E-state index in [4.69, 9.17) is 11.5 Å². The van der Waals surface area contributed by atoms with Crippen LogP contribution < -0.4 is 27.4 Å². The third-order valence-electron chi connectivity index (χ3n) is 6.46. The predicted molar refractivity (Wildman–Crippen MR) is 152 cm³/mol. The van der Waals surface area contributed by atoms with Crippen molar-refractivity contribution >= 4 is 29.6 Å². The normalized spacial score (nSPS) is 13.6. The van der Waals surface area contributed by atoms with E-state index in [2.05, 4.69) is 25.9 Å². The molecule has 13 heteroatoms. The molecule has 1 heterocycles. The van der Waals surface area contributed by atoms with Gasteiger partial charge in [-0.3, -0.25) is 19.2 Å². The Kier molecular flexibility index (Phi) is 11.7. The van der Waals surface area contributed by atoms with Gasteiger partial charge in [-0.25, -0.2) is 9.78 Å². The van der Waals surface area contributed by atoms with Crippen LogP contribution in [0.15, 0.2) is 73.2 Å². The fraction of sp³-hybridized carbons (Fsp3) is 0.310. The van der Waals surface area contributed by atoms with Crippen LogP contribution in [-0.4, -0.2) is 68.8 Å². The summed E-state index contributed by atoms with van der Waals surface area (Å²) in [6.07, 6.45) is 2.66. The highest BCUT2D eigenvalue weighted by atomic mass is 16.4. The first kappa shape index (κ1) is 31.5. The average molecular weight is 578 g/mol. The summed E-state index contributed by atoms with van der Waals surface area (Å²) >= 11 is 0. The number of aromatic nitrogens is 2. The Morgan fingerprint density at radius 1 is 0.762 bits per heavy atom. The second-order valence-corrected chi connectivity index (χ2v) is 9.79. The lowest BCUT2D eigenvalue weighted by Crippen LogP contribution is -2.58. The smallest absolute Gasteiger partial charge is 0.326 e. The second-order valence-electron chi connectivity index (χ2n) is 9.79. The van der Waals surface area contributed by atoms with Gasteiger partial charge in [0.2, 0.25) is 23.6 Å². The number of carboxylic acid groups (broad SMARTS) is 1. The van der Waals surface area contributed by atoms with Crippen molar-refractivity contribution in [3.63, 3.8) is 0 Å². The van der Waals surface area contributed by atoms with E-state index in [1.165, 1.54) is 12.5 Å². The number of nitrogens with zero attached hydrogens (tertiary/aromatic N) is 1. The maximum absolute atomic E-state index is 13.4. The summed E-state index contributed by atoms with van der Waals surface area (Å²) in [5, 5.41) is 17.4. The number of aromatic amines is 1. The zero-order valence-electron chi connectivity index (χ0n) is 22.9. The first-order chi connectivity index (χ1) is 20.1. The van der Waals surface area contributed by atoms with Gasteiger partial charge in [0, 0.05) is 31.2 Å². The van der Waals surface area contributed by atoms with Crippen molar-refractivity contribution in [3.05, 3.63) is 90.0 Å². The molecular formula is C29H35N7O6. The summed E-state index contributed by atoms with van der Waals surface area (Å²) in [7, 11) is 0. The van der Waals surface area contributed by atoms with E-state index in [0.29, 0.717) is 11.3 Å². The van der Waals surface area contributed by atoms with Crippen molar-refractivity contribution in [2.24, 2.45) is 11.5 Å². The number of benzene rings is 2. The number of primary amides is 1. The summed E-state index contributed by atoms with van der Waals surface area (Å²) in [4.78, 5) is 69.8. The highest BCUT2D eigenvalue weighted by Crippen LogP contribution is 2.08. The molecule has 1 aromatic heterocycles. The van der Waals surface area contributed by atoms with Crippen molar-refractivity contribution in [3.8, 4) is 0 Å². The molecule has 0 bridgehead atoms. The molecule has 4 unspecified atom stereocenters. The van der Waals surface area contributed by atoms with Gasteiger partial charge in [-0.15, -0.1) is 0 Å². The molecule has 0 fully saturated rings. The van der Waals surface area contributed by atoms with Gasteiger partial charge in [0.25, 0.3) is 0 Å². The Labute approximate surface area is 242 Å². The molecule has 13 nitrogen and oxygen atoms in total. The zero-order chi connectivity index (χ0) is 30.5. The highest BCUT2D eigenvalue weighted by Gasteiger charge is 2.31. The Morgan fingerprint density at radius 2 is 1.31 bits per heavy atom. The third kappa shape index (κ3) is 10.2. The summed E-state index contributed by atoms with van der Waals surface area (Å²) in [6.45, 7) is 0. The summed E-state index contributed by atoms with van der Waals surface area (Å²) in [5.74, 6) is -4.11. The van der Waals surface area contributed by atoms with Crippen LogP contribution in [0.5, 0.6) is 0 Å². The van der Waals surface area contributed by atoms with Crippen LogP contribution in [0.4, 0.5) is 0 Å². The topological polar surface area (TPSA) is 222 Å². The number of hydrogen-bond acceptors (Lipinski definition) is 7. The van der Waals surface area contributed by atoms with Gasteiger partial charge < -0.3 is 37.5 Å². The van der Waals surface area contributed by atoms with E-state index >= 15 is 0 Å². The van der Waals surface area contributed by atoms with E-state index in [-0.39, 0.29) is 32.1 Å². The van der Waals surface area contributed by atoms with Crippen LogP contribution >= 0.6 is 0 Å². The average Bonchev–Trinajstić information content (AvgIpc) is 3.48. The van der Waals surface area contributed by atoms with Gasteiger partial charge in [-0.05, 0) is 24.0 Å². The first-order valence-corrected chi connectivity index (χ1v) is 13.3. The van der Waals surface area contributed by atoms with Gasteiger partial charge in [0.05, 0.1) is 12.4 Å². The maximum atomic E-state index is 13.4. The fourth-order valence-corrected chi connectivity index (χ4v) is 4.21. The van der Waals surface area contributed by atoms with Gasteiger partial charge in [0.1, 0.15) is 18.1 Å². The molecule has 4 amide bonds. The molecule has 3 aromatic rings. The van der Waals surface area contributed by atoms with Crippen LogP contribution in [-0.2, 0) is 43.2 Å². The van der Waals surface area contributed by atoms with E-state index < -0.39 is 53.8 Å². The lowest BCUT2D eigenvalue weighted by atomic mass is 10.0. The molecular weight excluding hydrogens is 542 g/mol. The van der Waals surface area contributed by atoms with Crippen LogP contribution in [0, 0.1) is 0 Å². The van der Waals surface area contributed by atoms with Gasteiger partial charge in [-0.1, -0.05) is 60.7 Å². The molecule has 0 aliphatic carbocycles. The monoisotopic (exact) mass is 577 g/mol. The molecule has 0 aliphatic heterocycles. The molecule has 3 rings (SSSR count). The number of nitrogens with two attached hydrogens (primary N) is 2. The minimum atomic E-state index is -1.28. The molecule has 222 valence electrons. The lowest BCUT2D eigenvalue weighted by Gasteiger charge is -2.25. The second kappa shape index (κ2) is 15.7.